The molecule has 0 amide bonds. The summed E-state index contributed by atoms with van der Waals surface area (Å²) >= 11 is 0. The van der Waals surface area contributed by atoms with Crippen molar-refractivity contribution in [3.05, 3.63) is 22.3 Å². The van der Waals surface area contributed by atoms with E-state index >= 15 is 0 Å². The first-order chi connectivity index (χ1) is 14.1. The second-order valence-corrected chi connectivity index (χ2v) is 10.4. The zero-order chi connectivity index (χ0) is 21.8. The van der Waals surface area contributed by atoms with Crippen LogP contribution in [0.1, 0.15) is 94.4 Å². The van der Waals surface area contributed by atoms with Crippen LogP contribution >= 0.6 is 0 Å². The van der Waals surface area contributed by atoms with Gasteiger partial charge in [-0.15, -0.1) is 0 Å². The van der Waals surface area contributed by atoms with Crippen LogP contribution in [0.25, 0.3) is 0 Å². The first-order valence-corrected chi connectivity index (χ1v) is 11.6. The monoisotopic (exact) mass is 415 g/mol. The van der Waals surface area contributed by atoms with Crippen LogP contribution in [0.5, 0.6) is 5.75 Å². The number of carbonyl (C=O) groups is 1. The lowest BCUT2D eigenvalue weighted by atomic mass is 9.79. The van der Waals surface area contributed by atoms with Gasteiger partial charge in [0.1, 0.15) is 17.5 Å². The molecule has 1 N–H and O–H groups in total. The lowest BCUT2D eigenvalue weighted by molar-refractivity contribution is -0.161. The molecule has 3 aliphatic heterocycles. The lowest BCUT2D eigenvalue weighted by Gasteiger charge is -2.36. The summed E-state index contributed by atoms with van der Waals surface area (Å²) in [4.78, 5) is 14.6. The maximum Gasteiger partial charge on any atom is 0.308 e. The van der Waals surface area contributed by atoms with Gasteiger partial charge in [-0.05, 0) is 50.7 Å². The van der Waals surface area contributed by atoms with E-state index < -0.39 is 6.10 Å². The Kier molecular flexibility index (Phi) is 5.54. The van der Waals surface area contributed by atoms with Crippen molar-refractivity contribution in [2.24, 2.45) is 0 Å². The summed E-state index contributed by atoms with van der Waals surface area (Å²) in [6.07, 6.45) is 2.96. The summed E-state index contributed by atoms with van der Waals surface area (Å²) in [5, 5.41) is 10.2. The summed E-state index contributed by atoms with van der Waals surface area (Å²) in [6.45, 7) is 15.4. The number of rotatable bonds is 4. The van der Waals surface area contributed by atoms with E-state index in [4.69, 9.17) is 9.47 Å². The Balaban J connectivity index is 1.91. The number of anilines is 1. The minimum absolute atomic E-state index is 0.0362. The molecule has 3 aliphatic rings. The van der Waals surface area contributed by atoms with Crippen molar-refractivity contribution in [1.82, 2.24) is 0 Å². The number of carbonyl (C=O) groups excluding carboxylic acids is 1. The average Bonchev–Trinajstić information content (AvgIpc) is 3.27. The molecule has 5 nitrogen and oxygen atoms in total. The number of cyclic esters (lactones) is 1. The molecule has 30 heavy (non-hydrogen) atoms. The van der Waals surface area contributed by atoms with Gasteiger partial charge in [0, 0.05) is 48.7 Å². The van der Waals surface area contributed by atoms with Gasteiger partial charge in [-0.3, -0.25) is 4.79 Å². The fraction of sp³-hybridized carbons (Fsp3) is 0.720. The maximum atomic E-state index is 12.1. The Morgan fingerprint density at radius 1 is 1.13 bits per heavy atom. The van der Waals surface area contributed by atoms with E-state index in [2.05, 4.69) is 46.4 Å². The fourth-order valence-corrected chi connectivity index (χ4v) is 5.68. The largest absolute Gasteiger partial charge is 0.487 e. The Morgan fingerprint density at radius 2 is 1.80 bits per heavy atom. The van der Waals surface area contributed by atoms with Crippen LogP contribution in [-0.4, -0.2) is 42.0 Å². The van der Waals surface area contributed by atoms with E-state index in [0.717, 1.165) is 25.3 Å². The summed E-state index contributed by atoms with van der Waals surface area (Å²) in [7, 11) is 0. The predicted molar refractivity (Wildman–Crippen MR) is 119 cm³/mol. The van der Waals surface area contributed by atoms with Gasteiger partial charge in [-0.25, -0.2) is 0 Å². The van der Waals surface area contributed by atoms with E-state index in [1.165, 1.54) is 40.8 Å². The van der Waals surface area contributed by atoms with E-state index in [-0.39, 0.29) is 30.0 Å². The highest BCUT2D eigenvalue weighted by Crippen LogP contribution is 2.52. The quantitative estimate of drug-likeness (QED) is 0.728. The van der Waals surface area contributed by atoms with Gasteiger partial charge in [0.25, 0.3) is 0 Å². The minimum Gasteiger partial charge on any atom is -0.487 e. The van der Waals surface area contributed by atoms with Crippen molar-refractivity contribution in [3.8, 4) is 5.75 Å². The highest BCUT2D eigenvalue weighted by atomic mass is 16.5. The molecule has 0 spiro atoms. The standard InChI is InChI=1S/C25H37NO4/c1-14(2)21-22(16(4)19-11-17(27)12-20(28)29-19)24-18(13-25(5,6)30-24)15(3)23(21)26-9-7-8-10-26/h14,16-17,19,27H,7-13H2,1-6H3/t16?,17-,19+/m1/s1. The highest BCUT2D eigenvalue weighted by Gasteiger charge is 2.42. The fourth-order valence-electron chi connectivity index (χ4n) is 5.68. The number of nitrogens with zero attached hydrogens (tertiary/aromatic N) is 1. The molecule has 3 atom stereocenters. The molecule has 1 unspecified atom stereocenters. The summed E-state index contributed by atoms with van der Waals surface area (Å²) in [6, 6.07) is 0. The van der Waals surface area contributed by atoms with Crippen molar-refractivity contribution >= 4 is 11.7 Å². The van der Waals surface area contributed by atoms with Crippen LogP contribution in [-0.2, 0) is 16.0 Å². The zero-order valence-electron chi connectivity index (χ0n) is 19.4. The van der Waals surface area contributed by atoms with E-state index in [1.54, 1.807) is 0 Å². The summed E-state index contributed by atoms with van der Waals surface area (Å²) in [5.41, 5.74) is 6.28. The van der Waals surface area contributed by atoms with Crippen molar-refractivity contribution in [2.75, 3.05) is 18.0 Å². The molecule has 0 bridgehead atoms. The molecule has 1 aromatic carbocycles. The van der Waals surface area contributed by atoms with Gasteiger partial charge in [0.15, 0.2) is 0 Å². The van der Waals surface area contributed by atoms with Crippen molar-refractivity contribution in [2.45, 2.75) is 103 Å². The highest BCUT2D eigenvalue weighted by molar-refractivity contribution is 5.73. The van der Waals surface area contributed by atoms with Crippen molar-refractivity contribution in [3.63, 3.8) is 0 Å². The minimum atomic E-state index is -0.630. The molecule has 5 heteroatoms. The average molecular weight is 416 g/mol. The van der Waals surface area contributed by atoms with Gasteiger partial charge < -0.3 is 19.5 Å². The van der Waals surface area contributed by atoms with Crippen LogP contribution in [0.2, 0.25) is 0 Å². The Labute approximate surface area is 180 Å². The number of esters is 1. The molecule has 0 aliphatic carbocycles. The van der Waals surface area contributed by atoms with Crippen LogP contribution in [0.4, 0.5) is 5.69 Å². The first kappa shape index (κ1) is 21.5. The number of fused-ring (bicyclic) bond motifs is 1. The third-order valence-electron chi connectivity index (χ3n) is 7.05. The van der Waals surface area contributed by atoms with Crippen LogP contribution in [0.15, 0.2) is 0 Å². The molecule has 0 aromatic heterocycles. The number of ether oxygens (including phenoxy) is 2. The van der Waals surface area contributed by atoms with Crippen molar-refractivity contribution in [1.29, 1.82) is 0 Å². The second kappa shape index (κ2) is 7.74. The molecule has 0 radical (unpaired) electrons. The van der Waals surface area contributed by atoms with Crippen molar-refractivity contribution < 1.29 is 19.4 Å². The number of benzene rings is 1. The van der Waals surface area contributed by atoms with E-state index in [1.807, 2.05) is 0 Å². The van der Waals surface area contributed by atoms with Crippen LogP contribution in [0, 0.1) is 6.92 Å². The van der Waals surface area contributed by atoms with Gasteiger partial charge in [0.05, 0.1) is 12.5 Å². The van der Waals surface area contributed by atoms with E-state index in [0.29, 0.717) is 12.3 Å². The van der Waals surface area contributed by atoms with Crippen LogP contribution in [0.3, 0.4) is 0 Å². The molecule has 166 valence electrons. The Morgan fingerprint density at radius 3 is 2.40 bits per heavy atom. The molecular formula is C25H37NO4. The van der Waals surface area contributed by atoms with E-state index in [9.17, 15) is 9.90 Å². The topological polar surface area (TPSA) is 59.0 Å². The van der Waals surface area contributed by atoms with Gasteiger partial charge >= 0.3 is 5.97 Å². The molecule has 1 aromatic rings. The first-order valence-electron chi connectivity index (χ1n) is 11.6. The Hall–Kier alpha value is -1.75. The molecule has 0 saturated carbocycles. The van der Waals surface area contributed by atoms with Gasteiger partial charge in [-0.1, -0.05) is 20.8 Å². The number of aliphatic hydroxyl groups excluding tert-OH is 1. The number of aliphatic hydroxyl groups is 1. The number of hydrogen-bond donors (Lipinski definition) is 1. The lowest BCUT2D eigenvalue weighted by Crippen LogP contribution is -2.36. The van der Waals surface area contributed by atoms with Gasteiger partial charge in [0.2, 0.25) is 0 Å². The normalized spacial score (nSPS) is 26.5. The maximum absolute atomic E-state index is 12.1. The smallest absolute Gasteiger partial charge is 0.308 e. The third-order valence-corrected chi connectivity index (χ3v) is 7.05. The third kappa shape index (κ3) is 3.70. The molecule has 4 rings (SSSR count). The predicted octanol–water partition coefficient (Wildman–Crippen LogP) is 4.60. The molecule has 2 fully saturated rings. The summed E-state index contributed by atoms with van der Waals surface area (Å²) < 4.78 is 12.3. The molecule has 2 saturated heterocycles. The SMILES string of the molecule is Cc1c2c(c(C(C)[C@@H]3C[C@@H](O)CC(=O)O3)c(C(C)C)c1N1CCCC1)OC(C)(C)C2. The number of hydrogen-bond acceptors (Lipinski definition) is 5. The second-order valence-electron chi connectivity index (χ2n) is 10.4. The Bertz CT molecular complexity index is 838. The zero-order valence-corrected chi connectivity index (χ0v) is 19.4. The van der Waals surface area contributed by atoms with Crippen LogP contribution < -0.4 is 9.64 Å². The van der Waals surface area contributed by atoms with Gasteiger partial charge in [-0.2, -0.15) is 0 Å². The molecule has 3 heterocycles. The molecular weight excluding hydrogens is 378 g/mol. The summed E-state index contributed by atoms with van der Waals surface area (Å²) in [5.74, 6) is 0.971.